The second kappa shape index (κ2) is 8.51. The first-order valence-electron chi connectivity index (χ1n) is 7.65. The van der Waals surface area contributed by atoms with Gasteiger partial charge in [0.2, 0.25) is 0 Å². The Bertz CT molecular complexity index is 880. The molecule has 0 bridgehead atoms. The molecule has 1 heterocycles. The van der Waals surface area contributed by atoms with Crippen LogP contribution in [0.15, 0.2) is 30.3 Å². The number of benzene rings is 2. The maximum atomic E-state index is 12.4. The number of aliphatic carboxylic acids is 1. The summed E-state index contributed by atoms with van der Waals surface area (Å²) in [5.74, 6) is -1.86. The molecule has 8 nitrogen and oxygen atoms in total. The van der Waals surface area contributed by atoms with E-state index in [1.54, 1.807) is 12.1 Å². The third-order valence-electron chi connectivity index (χ3n) is 3.91. The number of carboxylic acids is 1. The smallest absolute Gasteiger partial charge is 0.546 e. The Balaban J connectivity index is 0.00000261. The van der Waals surface area contributed by atoms with Crippen molar-refractivity contribution in [3.8, 4) is 28.7 Å². The third-order valence-corrected chi connectivity index (χ3v) is 3.91. The summed E-state index contributed by atoms with van der Waals surface area (Å²) in [4.78, 5) is 22.9. The van der Waals surface area contributed by atoms with Crippen LogP contribution in [-0.2, 0) is 4.79 Å². The minimum absolute atomic E-state index is 0. The fourth-order valence-corrected chi connectivity index (χ4v) is 2.73. The molecule has 9 heteroatoms. The van der Waals surface area contributed by atoms with Gasteiger partial charge in [-0.2, -0.15) is 0 Å². The molecule has 1 aliphatic heterocycles. The van der Waals surface area contributed by atoms with Crippen molar-refractivity contribution in [3.63, 3.8) is 0 Å². The van der Waals surface area contributed by atoms with Crippen LogP contribution in [0.4, 0.5) is 0 Å². The second-order valence-electron chi connectivity index (χ2n) is 5.64. The predicted molar refractivity (Wildman–Crippen MR) is 85.6 cm³/mol. The molecule has 0 aliphatic carbocycles. The van der Waals surface area contributed by atoms with Crippen molar-refractivity contribution >= 4 is 11.8 Å². The van der Waals surface area contributed by atoms with Crippen LogP contribution in [0.1, 0.15) is 28.4 Å². The first kappa shape index (κ1) is 20.9. The van der Waals surface area contributed by atoms with E-state index in [9.17, 15) is 24.9 Å². The largest absolute Gasteiger partial charge is 1.00 e. The van der Waals surface area contributed by atoms with E-state index in [1.165, 1.54) is 19.2 Å². The van der Waals surface area contributed by atoms with Gasteiger partial charge >= 0.3 is 29.6 Å². The standard InChI is InChI=1S/C18H16O8.Na/c1-24-14-3-2-9(4-11(14)19)15-7-13(21)18-12(20)5-10(6-16(18)26-15)25-8-17(22)23;/h2-6,15,19-20H,7-8H2,1H3,(H,22,23);/q;+1/p-1. The minimum Gasteiger partial charge on any atom is -0.546 e. The number of Topliss-reactive ketones (excluding diaryl/α,β-unsaturated/α-hetero) is 1. The van der Waals surface area contributed by atoms with Gasteiger partial charge in [0.15, 0.2) is 17.3 Å². The van der Waals surface area contributed by atoms with E-state index in [2.05, 4.69) is 0 Å². The summed E-state index contributed by atoms with van der Waals surface area (Å²) in [5, 5.41) is 30.4. The zero-order valence-electron chi connectivity index (χ0n) is 14.7. The summed E-state index contributed by atoms with van der Waals surface area (Å²) in [7, 11) is 1.42. The van der Waals surface area contributed by atoms with Crippen LogP contribution >= 0.6 is 0 Å². The topological polar surface area (TPSA) is 125 Å². The average molecular weight is 382 g/mol. The van der Waals surface area contributed by atoms with Crippen LogP contribution < -0.4 is 48.9 Å². The Morgan fingerprint density at radius 1 is 1.26 bits per heavy atom. The number of rotatable bonds is 5. The van der Waals surface area contributed by atoms with Gasteiger partial charge < -0.3 is 34.3 Å². The molecule has 27 heavy (non-hydrogen) atoms. The molecule has 0 saturated carbocycles. The molecule has 2 aromatic carbocycles. The van der Waals surface area contributed by atoms with Crippen molar-refractivity contribution < 1.29 is 68.7 Å². The van der Waals surface area contributed by atoms with Crippen molar-refractivity contribution in [1.29, 1.82) is 0 Å². The predicted octanol–water partition coefficient (Wildman–Crippen LogP) is -2.05. The van der Waals surface area contributed by atoms with Crippen molar-refractivity contribution in [3.05, 3.63) is 41.5 Å². The number of ketones is 1. The van der Waals surface area contributed by atoms with Crippen molar-refractivity contribution in [2.75, 3.05) is 13.7 Å². The Kier molecular flexibility index (Phi) is 6.59. The minimum atomic E-state index is -1.43. The van der Waals surface area contributed by atoms with Crippen molar-refractivity contribution in [2.24, 2.45) is 0 Å². The van der Waals surface area contributed by atoms with Gasteiger partial charge in [-0.1, -0.05) is 6.07 Å². The maximum absolute atomic E-state index is 12.4. The van der Waals surface area contributed by atoms with Crippen LogP contribution in [0.2, 0.25) is 0 Å². The van der Waals surface area contributed by atoms with Crippen molar-refractivity contribution in [2.45, 2.75) is 12.5 Å². The molecular formula is C18H15NaO8. The summed E-state index contributed by atoms with van der Waals surface area (Å²) >= 11 is 0. The quantitative estimate of drug-likeness (QED) is 0.566. The van der Waals surface area contributed by atoms with Gasteiger partial charge in [-0.15, -0.1) is 0 Å². The number of ether oxygens (including phenoxy) is 3. The van der Waals surface area contributed by atoms with E-state index in [1.807, 2.05) is 0 Å². The Hall–Kier alpha value is -2.42. The summed E-state index contributed by atoms with van der Waals surface area (Å²) in [6.45, 7) is -0.706. The number of fused-ring (bicyclic) bond motifs is 1. The monoisotopic (exact) mass is 382 g/mol. The molecule has 1 aliphatic rings. The number of carbonyl (C=O) groups is 2. The first-order valence-corrected chi connectivity index (χ1v) is 7.65. The van der Waals surface area contributed by atoms with Gasteiger partial charge in [0.05, 0.1) is 19.5 Å². The molecule has 2 N–H and O–H groups in total. The van der Waals surface area contributed by atoms with Crippen LogP contribution in [0, 0.1) is 0 Å². The molecule has 2 aromatic rings. The fourth-order valence-electron chi connectivity index (χ4n) is 2.73. The van der Waals surface area contributed by atoms with Gasteiger partial charge in [0.25, 0.3) is 0 Å². The molecular weight excluding hydrogens is 367 g/mol. The summed E-state index contributed by atoms with van der Waals surface area (Å²) < 4.78 is 15.7. The number of carboxylic acid groups (broad SMARTS) is 1. The number of hydrogen-bond acceptors (Lipinski definition) is 8. The number of carbonyl (C=O) groups excluding carboxylic acids is 2. The first-order chi connectivity index (χ1) is 12.4. The maximum Gasteiger partial charge on any atom is 1.00 e. The van der Waals surface area contributed by atoms with Crippen LogP contribution in [0.3, 0.4) is 0 Å². The molecule has 0 aromatic heterocycles. The molecule has 0 saturated heterocycles. The summed E-state index contributed by atoms with van der Waals surface area (Å²) in [6, 6.07) is 7.09. The van der Waals surface area contributed by atoms with Gasteiger partial charge in [-0.25, -0.2) is 0 Å². The molecule has 0 spiro atoms. The molecule has 0 amide bonds. The number of hydrogen-bond donors (Lipinski definition) is 2. The molecule has 1 atom stereocenters. The SMILES string of the molecule is COc1ccc(C2CC(=O)c3c(O)cc(OCC(=O)[O-])cc3O2)cc1O.[Na+]. The zero-order chi connectivity index (χ0) is 18.8. The molecule has 0 fully saturated rings. The van der Waals surface area contributed by atoms with Gasteiger partial charge in [-0.05, 0) is 17.7 Å². The molecule has 1 unspecified atom stereocenters. The molecule has 136 valence electrons. The summed E-state index contributed by atoms with van der Waals surface area (Å²) in [5.41, 5.74) is 0.544. The number of methoxy groups -OCH3 is 1. The van der Waals surface area contributed by atoms with E-state index in [0.29, 0.717) is 5.56 Å². The van der Waals surface area contributed by atoms with Crippen LogP contribution in [0.25, 0.3) is 0 Å². The normalized spacial score (nSPS) is 15.1. The van der Waals surface area contributed by atoms with E-state index in [0.717, 1.165) is 6.07 Å². The molecule has 3 rings (SSSR count). The zero-order valence-corrected chi connectivity index (χ0v) is 16.7. The number of aromatic hydroxyl groups is 2. The number of phenols is 2. The Labute approximate surface area is 176 Å². The van der Waals surface area contributed by atoms with Gasteiger partial charge in [0.1, 0.15) is 35.5 Å². The summed E-state index contributed by atoms with van der Waals surface area (Å²) in [6.07, 6.45) is -0.728. The third kappa shape index (κ3) is 4.47. The Morgan fingerprint density at radius 3 is 2.63 bits per heavy atom. The van der Waals surface area contributed by atoms with Crippen molar-refractivity contribution in [1.82, 2.24) is 0 Å². The van der Waals surface area contributed by atoms with E-state index in [4.69, 9.17) is 14.2 Å². The Morgan fingerprint density at radius 2 is 2.00 bits per heavy atom. The van der Waals surface area contributed by atoms with E-state index < -0.39 is 18.7 Å². The van der Waals surface area contributed by atoms with E-state index >= 15 is 0 Å². The van der Waals surface area contributed by atoms with Gasteiger partial charge in [0, 0.05) is 12.1 Å². The number of phenolic OH excluding ortho intramolecular Hbond substituents is 2. The van der Waals surface area contributed by atoms with Crippen LogP contribution in [-0.4, -0.2) is 35.7 Å². The second-order valence-corrected chi connectivity index (χ2v) is 5.64. The average Bonchev–Trinajstić information content (AvgIpc) is 2.59. The van der Waals surface area contributed by atoms with Gasteiger partial charge in [-0.3, -0.25) is 4.79 Å². The molecule has 0 radical (unpaired) electrons. The van der Waals surface area contributed by atoms with E-state index in [-0.39, 0.29) is 76.1 Å². The fraction of sp³-hybridized carbons (Fsp3) is 0.222. The van der Waals surface area contributed by atoms with Crippen LogP contribution in [0.5, 0.6) is 28.7 Å².